The average Bonchev–Trinajstić information content (AvgIpc) is 3.05. The molecule has 1 aliphatic heterocycles. The number of ether oxygens (including phenoxy) is 1. The van der Waals surface area contributed by atoms with Crippen molar-refractivity contribution < 1.29 is 23.4 Å². The molecule has 0 aliphatic carbocycles. The Kier molecular flexibility index (Phi) is 5.08. The van der Waals surface area contributed by atoms with Crippen molar-refractivity contribution in [1.82, 2.24) is 9.88 Å². The Hall–Kier alpha value is -2.74. The van der Waals surface area contributed by atoms with Crippen molar-refractivity contribution >= 4 is 11.8 Å². The number of carbonyl (C=O) groups is 1. The van der Waals surface area contributed by atoms with E-state index in [4.69, 9.17) is 9.84 Å². The maximum Gasteiger partial charge on any atom is 0.323 e. The highest BCUT2D eigenvalue weighted by atomic mass is 19.1. The van der Waals surface area contributed by atoms with Gasteiger partial charge < -0.3 is 14.7 Å². The number of hydrogen-bond acceptors (Lipinski definition) is 4. The van der Waals surface area contributed by atoms with E-state index in [0.29, 0.717) is 18.9 Å². The van der Waals surface area contributed by atoms with E-state index in [0.717, 1.165) is 24.6 Å². The Morgan fingerprint density at radius 3 is 2.64 bits per heavy atom. The lowest BCUT2D eigenvalue weighted by Gasteiger charge is -2.16. The number of nitrogens with one attached hydrogen (secondary N) is 1. The molecular weight excluding hydrogens is 332 g/mol. The molecule has 0 saturated carbocycles. The van der Waals surface area contributed by atoms with Gasteiger partial charge in [-0.1, -0.05) is 0 Å². The molecule has 132 valence electrons. The smallest absolute Gasteiger partial charge is 0.323 e. The first-order valence-corrected chi connectivity index (χ1v) is 7.80. The minimum absolute atomic E-state index is 0.0168. The molecule has 0 bridgehead atoms. The molecule has 2 aromatic rings. The summed E-state index contributed by atoms with van der Waals surface area (Å²) in [5.41, 5.74) is 0. The molecule has 1 aromatic carbocycles. The topological polar surface area (TPSA) is 74.7 Å². The molecule has 1 aromatic heterocycles. The Bertz CT molecular complexity index is 735. The van der Waals surface area contributed by atoms with Crippen LogP contribution in [0.15, 0.2) is 36.5 Å². The Morgan fingerprint density at radius 2 is 2.04 bits per heavy atom. The molecule has 6 nitrogen and oxygen atoms in total. The van der Waals surface area contributed by atoms with E-state index in [1.807, 2.05) is 0 Å². The van der Waals surface area contributed by atoms with Crippen LogP contribution < -0.4 is 10.1 Å². The maximum absolute atomic E-state index is 13.1. The predicted molar refractivity (Wildman–Crippen MR) is 86.5 cm³/mol. The van der Waals surface area contributed by atoms with Gasteiger partial charge >= 0.3 is 6.03 Å². The van der Waals surface area contributed by atoms with Crippen LogP contribution in [0.2, 0.25) is 0 Å². The summed E-state index contributed by atoms with van der Waals surface area (Å²) >= 11 is 0. The quantitative estimate of drug-likeness (QED) is 0.890. The number of nitrogens with zero attached hydrogens (tertiary/aromatic N) is 2. The molecule has 8 heteroatoms. The highest BCUT2D eigenvalue weighted by Crippen LogP contribution is 2.23. The molecule has 3 rings (SSSR count). The number of likely N-dealkylation sites (tertiary alicyclic amines) is 1. The summed E-state index contributed by atoms with van der Waals surface area (Å²) < 4.78 is 31.6. The molecule has 1 aliphatic rings. The SMILES string of the molecule is O=C(Nc1ccc(Oc2cc(F)cc(F)c2)cn1)N1CC[C@H](CO)C1. The van der Waals surface area contributed by atoms with E-state index in [2.05, 4.69) is 10.3 Å². The van der Waals surface area contributed by atoms with E-state index in [9.17, 15) is 13.6 Å². The van der Waals surface area contributed by atoms with Gasteiger partial charge in [-0.25, -0.2) is 18.6 Å². The number of urea groups is 1. The molecule has 0 radical (unpaired) electrons. The number of aliphatic hydroxyl groups excluding tert-OH is 1. The van der Waals surface area contributed by atoms with Gasteiger partial charge in [-0.15, -0.1) is 0 Å². The van der Waals surface area contributed by atoms with Crippen LogP contribution in [0.25, 0.3) is 0 Å². The first kappa shape index (κ1) is 17.1. The van der Waals surface area contributed by atoms with Crippen molar-refractivity contribution in [2.75, 3.05) is 25.0 Å². The molecule has 2 heterocycles. The van der Waals surface area contributed by atoms with Crippen LogP contribution in [-0.2, 0) is 0 Å². The second kappa shape index (κ2) is 7.43. The minimum atomic E-state index is -0.737. The van der Waals surface area contributed by atoms with Gasteiger partial charge in [-0.2, -0.15) is 0 Å². The molecule has 0 unspecified atom stereocenters. The lowest BCUT2D eigenvalue weighted by atomic mass is 10.1. The summed E-state index contributed by atoms with van der Waals surface area (Å²) in [6, 6.07) is 5.65. The van der Waals surface area contributed by atoms with Crippen LogP contribution in [0.4, 0.5) is 19.4 Å². The second-order valence-corrected chi connectivity index (χ2v) is 5.80. The first-order valence-electron chi connectivity index (χ1n) is 7.80. The summed E-state index contributed by atoms with van der Waals surface area (Å²) in [5, 5.41) is 11.8. The fraction of sp³-hybridized carbons (Fsp3) is 0.294. The second-order valence-electron chi connectivity index (χ2n) is 5.80. The number of hydrogen-bond donors (Lipinski definition) is 2. The molecule has 2 N–H and O–H groups in total. The molecule has 1 atom stereocenters. The van der Waals surface area contributed by atoms with Gasteiger partial charge in [0.05, 0.1) is 6.20 Å². The molecule has 2 amide bonds. The molecule has 1 fully saturated rings. The van der Waals surface area contributed by atoms with Gasteiger partial charge in [0, 0.05) is 43.8 Å². The lowest BCUT2D eigenvalue weighted by molar-refractivity contribution is 0.208. The van der Waals surface area contributed by atoms with Crippen LogP contribution in [0.1, 0.15) is 6.42 Å². The van der Waals surface area contributed by atoms with Crippen LogP contribution >= 0.6 is 0 Å². The summed E-state index contributed by atoms with van der Waals surface area (Å²) in [6.07, 6.45) is 2.12. The predicted octanol–water partition coefficient (Wildman–Crippen LogP) is 3.00. The van der Waals surface area contributed by atoms with Crippen molar-refractivity contribution in [3.05, 3.63) is 48.2 Å². The summed E-state index contributed by atoms with van der Waals surface area (Å²) in [7, 11) is 0. The van der Waals surface area contributed by atoms with Crippen molar-refractivity contribution in [1.29, 1.82) is 0 Å². The minimum Gasteiger partial charge on any atom is -0.456 e. The van der Waals surface area contributed by atoms with E-state index >= 15 is 0 Å². The zero-order valence-corrected chi connectivity index (χ0v) is 13.3. The lowest BCUT2D eigenvalue weighted by Crippen LogP contribution is -2.33. The van der Waals surface area contributed by atoms with E-state index in [1.165, 1.54) is 18.3 Å². The number of rotatable bonds is 4. The molecule has 0 spiro atoms. The van der Waals surface area contributed by atoms with Gasteiger partial charge in [0.15, 0.2) is 0 Å². The number of carbonyl (C=O) groups excluding carboxylic acids is 1. The number of aromatic nitrogens is 1. The summed E-state index contributed by atoms with van der Waals surface area (Å²) in [5.74, 6) is -0.735. The van der Waals surface area contributed by atoms with Crippen LogP contribution in [0, 0.1) is 17.6 Å². The van der Waals surface area contributed by atoms with Gasteiger partial charge in [0.25, 0.3) is 0 Å². The number of benzene rings is 1. The molecule has 1 saturated heterocycles. The fourth-order valence-electron chi connectivity index (χ4n) is 2.59. The van der Waals surface area contributed by atoms with Crippen LogP contribution in [0.3, 0.4) is 0 Å². The normalized spacial score (nSPS) is 16.8. The number of halogens is 2. The third-order valence-electron chi connectivity index (χ3n) is 3.87. The third-order valence-corrected chi connectivity index (χ3v) is 3.87. The Labute approximate surface area is 143 Å². The third kappa shape index (κ3) is 4.42. The zero-order valence-electron chi connectivity index (χ0n) is 13.3. The first-order chi connectivity index (χ1) is 12.0. The van der Waals surface area contributed by atoms with Crippen molar-refractivity contribution in [2.45, 2.75) is 6.42 Å². The van der Waals surface area contributed by atoms with Gasteiger partial charge in [0.1, 0.15) is 29.0 Å². The zero-order chi connectivity index (χ0) is 17.8. The highest BCUT2D eigenvalue weighted by Gasteiger charge is 2.25. The summed E-state index contributed by atoms with van der Waals surface area (Å²) in [4.78, 5) is 17.8. The fourth-order valence-corrected chi connectivity index (χ4v) is 2.59. The molecule has 25 heavy (non-hydrogen) atoms. The number of pyridine rings is 1. The summed E-state index contributed by atoms with van der Waals surface area (Å²) in [6.45, 7) is 1.16. The Morgan fingerprint density at radius 1 is 1.28 bits per heavy atom. The van der Waals surface area contributed by atoms with E-state index in [-0.39, 0.29) is 30.1 Å². The largest absolute Gasteiger partial charge is 0.456 e. The van der Waals surface area contributed by atoms with Crippen LogP contribution in [-0.4, -0.2) is 40.7 Å². The van der Waals surface area contributed by atoms with Crippen molar-refractivity contribution in [3.8, 4) is 11.5 Å². The highest BCUT2D eigenvalue weighted by molar-refractivity contribution is 5.88. The maximum atomic E-state index is 13.1. The standard InChI is InChI=1S/C17H17F2N3O3/c18-12-5-13(19)7-15(6-12)25-14-1-2-16(20-8-14)21-17(24)22-4-3-11(9-22)10-23/h1-2,5-8,11,23H,3-4,9-10H2,(H,20,21,24)/t11-/m0/s1. The van der Waals surface area contributed by atoms with Crippen molar-refractivity contribution in [3.63, 3.8) is 0 Å². The van der Waals surface area contributed by atoms with Gasteiger partial charge in [-0.3, -0.25) is 5.32 Å². The van der Waals surface area contributed by atoms with E-state index < -0.39 is 11.6 Å². The van der Waals surface area contributed by atoms with Gasteiger partial charge in [-0.05, 0) is 18.6 Å². The van der Waals surface area contributed by atoms with Gasteiger partial charge in [0.2, 0.25) is 0 Å². The number of anilines is 1. The average molecular weight is 349 g/mol. The monoisotopic (exact) mass is 349 g/mol. The van der Waals surface area contributed by atoms with Crippen molar-refractivity contribution in [2.24, 2.45) is 5.92 Å². The van der Waals surface area contributed by atoms with E-state index in [1.54, 1.807) is 4.90 Å². The number of aliphatic hydroxyl groups is 1. The Balaban J connectivity index is 1.59. The molecular formula is C17H17F2N3O3. The number of amides is 2. The van der Waals surface area contributed by atoms with Crippen LogP contribution in [0.5, 0.6) is 11.5 Å².